The quantitative estimate of drug-likeness (QED) is 0.878. The van der Waals surface area contributed by atoms with Crippen LogP contribution in [0.15, 0.2) is 10.7 Å². The molecule has 1 saturated heterocycles. The SMILES string of the molecule is CCn1ncc(C(=O)N2C[C@@H](CO)[C@H](c3nc(C4CC4)no3)C2)c1C. The lowest BCUT2D eigenvalue weighted by atomic mass is 9.97. The molecule has 2 aromatic heterocycles. The van der Waals surface area contributed by atoms with E-state index in [0.29, 0.717) is 30.5 Å². The summed E-state index contributed by atoms with van der Waals surface area (Å²) < 4.78 is 7.24. The fourth-order valence-electron chi connectivity index (χ4n) is 3.55. The van der Waals surface area contributed by atoms with Crippen LogP contribution in [0.1, 0.15) is 59.4 Å². The van der Waals surface area contributed by atoms with Gasteiger partial charge in [-0.1, -0.05) is 5.16 Å². The van der Waals surface area contributed by atoms with Crippen molar-refractivity contribution in [2.75, 3.05) is 19.7 Å². The zero-order chi connectivity index (χ0) is 17.6. The second-order valence-electron chi connectivity index (χ2n) is 6.98. The van der Waals surface area contributed by atoms with Gasteiger partial charge in [0.25, 0.3) is 5.91 Å². The number of aromatic nitrogens is 4. The molecular weight excluding hydrogens is 322 g/mol. The van der Waals surface area contributed by atoms with E-state index in [4.69, 9.17) is 4.52 Å². The first-order chi connectivity index (χ1) is 12.1. The van der Waals surface area contributed by atoms with Crippen molar-refractivity contribution in [3.05, 3.63) is 29.2 Å². The highest BCUT2D eigenvalue weighted by molar-refractivity contribution is 5.95. The van der Waals surface area contributed by atoms with Crippen LogP contribution in [0.5, 0.6) is 0 Å². The molecule has 0 aromatic carbocycles. The molecule has 8 nitrogen and oxygen atoms in total. The molecule has 4 rings (SSSR count). The maximum Gasteiger partial charge on any atom is 0.257 e. The molecule has 1 saturated carbocycles. The third kappa shape index (κ3) is 2.84. The number of hydrogen-bond acceptors (Lipinski definition) is 6. The summed E-state index contributed by atoms with van der Waals surface area (Å²) in [6.07, 6.45) is 3.84. The molecule has 2 aliphatic rings. The van der Waals surface area contributed by atoms with Crippen molar-refractivity contribution in [3.63, 3.8) is 0 Å². The van der Waals surface area contributed by atoms with E-state index in [2.05, 4.69) is 15.2 Å². The Labute approximate surface area is 145 Å². The molecule has 1 N–H and O–H groups in total. The Morgan fingerprint density at radius 1 is 1.40 bits per heavy atom. The molecule has 1 amide bonds. The van der Waals surface area contributed by atoms with Gasteiger partial charge in [0.15, 0.2) is 5.82 Å². The Morgan fingerprint density at radius 3 is 2.84 bits per heavy atom. The fourth-order valence-corrected chi connectivity index (χ4v) is 3.55. The van der Waals surface area contributed by atoms with Gasteiger partial charge in [-0.25, -0.2) is 0 Å². The average molecular weight is 345 g/mol. The number of nitrogens with zero attached hydrogens (tertiary/aromatic N) is 5. The van der Waals surface area contributed by atoms with Gasteiger partial charge in [-0.3, -0.25) is 9.48 Å². The van der Waals surface area contributed by atoms with Gasteiger partial charge < -0.3 is 14.5 Å². The highest BCUT2D eigenvalue weighted by atomic mass is 16.5. The Morgan fingerprint density at radius 2 is 2.20 bits per heavy atom. The molecule has 0 unspecified atom stereocenters. The van der Waals surface area contributed by atoms with E-state index in [9.17, 15) is 9.90 Å². The van der Waals surface area contributed by atoms with E-state index in [1.54, 1.807) is 11.1 Å². The van der Waals surface area contributed by atoms with Crippen LogP contribution in [-0.4, -0.2) is 55.5 Å². The summed E-state index contributed by atoms with van der Waals surface area (Å²) in [7, 11) is 0. The lowest BCUT2D eigenvalue weighted by Gasteiger charge is -2.15. The molecule has 1 aliphatic heterocycles. The van der Waals surface area contributed by atoms with Crippen LogP contribution in [0, 0.1) is 12.8 Å². The van der Waals surface area contributed by atoms with Crippen molar-refractivity contribution in [1.29, 1.82) is 0 Å². The van der Waals surface area contributed by atoms with Gasteiger partial charge in [-0.2, -0.15) is 10.1 Å². The standard InChI is InChI=1S/C17H23N5O3/c1-3-22-10(2)13(6-18-22)17(24)21-7-12(9-23)14(8-21)16-19-15(20-25-16)11-4-5-11/h6,11-12,14,23H,3-5,7-9H2,1-2H3/t12-,14+/m0/s1. The van der Waals surface area contributed by atoms with Crippen molar-refractivity contribution >= 4 is 5.91 Å². The monoisotopic (exact) mass is 345 g/mol. The van der Waals surface area contributed by atoms with Gasteiger partial charge >= 0.3 is 0 Å². The molecule has 3 heterocycles. The minimum Gasteiger partial charge on any atom is -0.396 e. The predicted molar refractivity (Wildman–Crippen MR) is 88.1 cm³/mol. The van der Waals surface area contributed by atoms with Crippen LogP contribution in [-0.2, 0) is 6.54 Å². The first-order valence-electron chi connectivity index (χ1n) is 8.88. The molecule has 134 valence electrons. The molecule has 25 heavy (non-hydrogen) atoms. The number of aliphatic hydroxyl groups is 1. The summed E-state index contributed by atoms with van der Waals surface area (Å²) in [5.41, 5.74) is 1.48. The molecular formula is C17H23N5O3. The molecule has 2 atom stereocenters. The maximum absolute atomic E-state index is 12.9. The number of carbonyl (C=O) groups excluding carboxylic acids is 1. The van der Waals surface area contributed by atoms with Crippen molar-refractivity contribution < 1.29 is 14.4 Å². The third-order valence-corrected chi connectivity index (χ3v) is 5.31. The number of likely N-dealkylation sites (tertiary alicyclic amines) is 1. The fraction of sp³-hybridized carbons (Fsp3) is 0.647. The van der Waals surface area contributed by atoms with E-state index in [1.165, 1.54) is 0 Å². The summed E-state index contributed by atoms with van der Waals surface area (Å²) >= 11 is 0. The minimum absolute atomic E-state index is 0.0111. The Balaban J connectivity index is 1.53. The van der Waals surface area contributed by atoms with E-state index >= 15 is 0 Å². The van der Waals surface area contributed by atoms with Gasteiger partial charge in [0.1, 0.15) is 0 Å². The first-order valence-corrected chi connectivity index (χ1v) is 8.88. The predicted octanol–water partition coefficient (Wildman–Crippen LogP) is 1.32. The Bertz CT molecular complexity index is 779. The topological polar surface area (TPSA) is 97.3 Å². The van der Waals surface area contributed by atoms with Gasteiger partial charge in [0.05, 0.1) is 17.7 Å². The van der Waals surface area contributed by atoms with Crippen LogP contribution in [0.25, 0.3) is 0 Å². The third-order valence-electron chi connectivity index (χ3n) is 5.31. The van der Waals surface area contributed by atoms with Gasteiger partial charge in [-0.15, -0.1) is 0 Å². The minimum atomic E-state index is -0.115. The second-order valence-corrected chi connectivity index (χ2v) is 6.98. The van der Waals surface area contributed by atoms with Crippen LogP contribution >= 0.6 is 0 Å². The van der Waals surface area contributed by atoms with Gasteiger partial charge in [0, 0.05) is 43.8 Å². The summed E-state index contributed by atoms with van der Waals surface area (Å²) in [6.45, 7) is 5.58. The smallest absolute Gasteiger partial charge is 0.257 e. The number of hydrogen-bond donors (Lipinski definition) is 1. The average Bonchev–Trinajstić information content (AvgIpc) is 3.06. The molecule has 2 aromatic rings. The van der Waals surface area contributed by atoms with Crippen LogP contribution in [0.4, 0.5) is 0 Å². The zero-order valence-corrected chi connectivity index (χ0v) is 14.6. The van der Waals surface area contributed by atoms with E-state index < -0.39 is 0 Å². The summed E-state index contributed by atoms with van der Waals surface area (Å²) in [5, 5.41) is 18.1. The molecule has 0 bridgehead atoms. The molecule has 0 spiro atoms. The number of aliphatic hydroxyl groups excluding tert-OH is 1. The lowest BCUT2D eigenvalue weighted by molar-refractivity contribution is 0.0780. The normalized spacial score (nSPS) is 23.4. The maximum atomic E-state index is 12.9. The summed E-state index contributed by atoms with van der Waals surface area (Å²) in [5.74, 6) is 1.47. The van der Waals surface area contributed by atoms with E-state index in [-0.39, 0.29) is 24.3 Å². The Hall–Kier alpha value is -2.22. The first kappa shape index (κ1) is 16.3. The number of carbonyl (C=O) groups is 1. The number of aryl methyl sites for hydroxylation is 1. The molecule has 0 radical (unpaired) electrons. The van der Waals surface area contributed by atoms with Crippen LogP contribution < -0.4 is 0 Å². The highest BCUT2D eigenvalue weighted by Gasteiger charge is 2.40. The zero-order valence-electron chi connectivity index (χ0n) is 14.6. The van der Waals surface area contributed by atoms with Gasteiger partial charge in [-0.05, 0) is 26.7 Å². The van der Waals surface area contributed by atoms with Crippen LogP contribution in [0.2, 0.25) is 0 Å². The second kappa shape index (κ2) is 6.25. The van der Waals surface area contributed by atoms with Gasteiger partial charge in [0.2, 0.25) is 5.89 Å². The van der Waals surface area contributed by atoms with E-state index in [0.717, 1.165) is 30.9 Å². The molecule has 2 fully saturated rings. The van der Waals surface area contributed by atoms with Crippen molar-refractivity contribution in [2.45, 2.75) is 45.1 Å². The van der Waals surface area contributed by atoms with E-state index in [1.807, 2.05) is 18.5 Å². The molecule has 8 heteroatoms. The largest absolute Gasteiger partial charge is 0.396 e. The lowest BCUT2D eigenvalue weighted by Crippen LogP contribution is -2.29. The molecule has 1 aliphatic carbocycles. The van der Waals surface area contributed by atoms with Crippen molar-refractivity contribution in [2.24, 2.45) is 5.92 Å². The summed E-state index contributed by atoms with van der Waals surface area (Å²) in [6, 6.07) is 0. The van der Waals surface area contributed by atoms with Crippen molar-refractivity contribution in [3.8, 4) is 0 Å². The number of amides is 1. The highest BCUT2D eigenvalue weighted by Crippen LogP contribution is 2.40. The Kier molecular flexibility index (Phi) is 4.07. The van der Waals surface area contributed by atoms with Crippen LogP contribution in [0.3, 0.4) is 0 Å². The number of rotatable bonds is 5. The van der Waals surface area contributed by atoms with Crippen molar-refractivity contribution in [1.82, 2.24) is 24.8 Å². The summed E-state index contributed by atoms with van der Waals surface area (Å²) in [4.78, 5) is 19.2.